The lowest BCUT2D eigenvalue weighted by molar-refractivity contribution is 0.477. The summed E-state index contributed by atoms with van der Waals surface area (Å²) >= 11 is 0. The SMILES string of the molecule is Cc1ccc(O)c(-c2cc(-c3ccco3)nc(N)n2)c1. The Kier molecular flexibility index (Phi) is 2.87. The quantitative estimate of drug-likeness (QED) is 0.745. The van der Waals surface area contributed by atoms with Crippen LogP contribution in [-0.2, 0) is 0 Å². The fourth-order valence-electron chi connectivity index (χ4n) is 2.01. The molecule has 3 rings (SSSR count). The highest BCUT2D eigenvalue weighted by atomic mass is 16.3. The van der Waals surface area contributed by atoms with Crippen LogP contribution < -0.4 is 5.73 Å². The Morgan fingerprint density at radius 3 is 2.65 bits per heavy atom. The van der Waals surface area contributed by atoms with Gasteiger partial charge in [-0.05, 0) is 37.3 Å². The van der Waals surface area contributed by atoms with Crippen molar-refractivity contribution in [1.82, 2.24) is 9.97 Å². The maximum absolute atomic E-state index is 9.98. The molecule has 1 aromatic carbocycles. The maximum Gasteiger partial charge on any atom is 0.221 e. The first-order chi connectivity index (χ1) is 9.63. The monoisotopic (exact) mass is 267 g/mol. The molecule has 5 heteroatoms. The Balaban J connectivity index is 2.17. The fourth-order valence-corrected chi connectivity index (χ4v) is 2.01. The van der Waals surface area contributed by atoms with Crippen LogP contribution in [0.5, 0.6) is 5.75 Å². The number of phenolic OH excluding ortho intramolecular Hbond substituents is 1. The lowest BCUT2D eigenvalue weighted by Gasteiger charge is -2.07. The van der Waals surface area contributed by atoms with Crippen molar-refractivity contribution in [2.75, 3.05) is 5.73 Å². The van der Waals surface area contributed by atoms with Crippen molar-refractivity contribution in [1.29, 1.82) is 0 Å². The minimum atomic E-state index is 0.134. The molecule has 0 radical (unpaired) electrons. The minimum Gasteiger partial charge on any atom is -0.507 e. The molecule has 0 aliphatic carbocycles. The third-order valence-corrected chi connectivity index (χ3v) is 2.95. The molecule has 20 heavy (non-hydrogen) atoms. The predicted octanol–water partition coefficient (Wildman–Crippen LogP) is 3.00. The van der Waals surface area contributed by atoms with E-state index in [9.17, 15) is 5.11 Å². The summed E-state index contributed by atoms with van der Waals surface area (Å²) in [6.45, 7) is 1.95. The van der Waals surface area contributed by atoms with E-state index in [4.69, 9.17) is 10.2 Å². The summed E-state index contributed by atoms with van der Waals surface area (Å²) in [6.07, 6.45) is 1.57. The Morgan fingerprint density at radius 1 is 1.10 bits per heavy atom. The summed E-state index contributed by atoms with van der Waals surface area (Å²) < 4.78 is 5.31. The number of hydrogen-bond donors (Lipinski definition) is 2. The van der Waals surface area contributed by atoms with E-state index in [1.807, 2.05) is 19.1 Å². The molecule has 0 amide bonds. The first kappa shape index (κ1) is 12.2. The lowest BCUT2D eigenvalue weighted by Crippen LogP contribution is -1.98. The molecular weight excluding hydrogens is 254 g/mol. The van der Waals surface area contributed by atoms with Crippen molar-refractivity contribution in [3.8, 4) is 28.5 Å². The first-order valence-electron chi connectivity index (χ1n) is 6.12. The second kappa shape index (κ2) is 4.70. The van der Waals surface area contributed by atoms with E-state index in [0.29, 0.717) is 22.7 Å². The standard InChI is InChI=1S/C15H13N3O2/c1-9-4-5-13(19)10(7-9)11-8-12(18-15(16)17-11)14-3-2-6-20-14/h2-8,19H,1H3,(H2,16,17,18). The Morgan fingerprint density at radius 2 is 1.90 bits per heavy atom. The van der Waals surface area contributed by atoms with Gasteiger partial charge in [0.15, 0.2) is 5.76 Å². The third-order valence-electron chi connectivity index (χ3n) is 2.95. The van der Waals surface area contributed by atoms with E-state index in [0.717, 1.165) is 5.56 Å². The van der Waals surface area contributed by atoms with Crippen molar-refractivity contribution in [3.05, 3.63) is 48.2 Å². The number of rotatable bonds is 2. The molecule has 0 atom stereocenters. The maximum atomic E-state index is 9.98. The van der Waals surface area contributed by atoms with Gasteiger partial charge in [0.05, 0.1) is 12.0 Å². The van der Waals surface area contributed by atoms with Gasteiger partial charge in [0.1, 0.15) is 11.4 Å². The number of aryl methyl sites for hydroxylation is 1. The number of furan rings is 1. The highest BCUT2D eigenvalue weighted by Gasteiger charge is 2.11. The molecule has 0 bridgehead atoms. The smallest absolute Gasteiger partial charge is 0.221 e. The molecule has 0 aliphatic rings. The highest BCUT2D eigenvalue weighted by Crippen LogP contribution is 2.31. The number of nitrogens with zero attached hydrogens (tertiary/aromatic N) is 2. The summed E-state index contributed by atoms with van der Waals surface area (Å²) in [5.41, 5.74) is 8.53. The number of anilines is 1. The Labute approximate surface area is 115 Å². The Bertz CT molecular complexity index is 752. The van der Waals surface area contributed by atoms with Crippen LogP contribution in [0.1, 0.15) is 5.56 Å². The van der Waals surface area contributed by atoms with Gasteiger partial charge in [0, 0.05) is 5.56 Å². The number of aromatic hydroxyl groups is 1. The molecule has 0 spiro atoms. The molecular formula is C15H13N3O2. The van der Waals surface area contributed by atoms with E-state index < -0.39 is 0 Å². The second-order valence-electron chi connectivity index (χ2n) is 4.49. The van der Waals surface area contributed by atoms with Crippen LogP contribution in [0.4, 0.5) is 5.95 Å². The summed E-state index contributed by atoms with van der Waals surface area (Å²) in [5.74, 6) is 0.890. The molecule has 0 fully saturated rings. The largest absolute Gasteiger partial charge is 0.507 e. The number of phenols is 1. The Hall–Kier alpha value is -2.82. The molecule has 0 unspecified atom stereocenters. The van der Waals surface area contributed by atoms with Gasteiger partial charge in [0.25, 0.3) is 0 Å². The topological polar surface area (TPSA) is 85.2 Å². The van der Waals surface area contributed by atoms with Crippen LogP contribution in [-0.4, -0.2) is 15.1 Å². The fraction of sp³-hybridized carbons (Fsp3) is 0.0667. The molecule has 3 aromatic rings. The van der Waals surface area contributed by atoms with Crippen LogP contribution in [0.2, 0.25) is 0 Å². The zero-order valence-corrected chi connectivity index (χ0v) is 10.9. The van der Waals surface area contributed by atoms with Gasteiger partial charge < -0.3 is 15.3 Å². The van der Waals surface area contributed by atoms with Crippen LogP contribution in [0.3, 0.4) is 0 Å². The average molecular weight is 267 g/mol. The van der Waals surface area contributed by atoms with Crippen molar-refractivity contribution in [3.63, 3.8) is 0 Å². The van der Waals surface area contributed by atoms with Gasteiger partial charge in [-0.1, -0.05) is 11.6 Å². The number of nitrogens with two attached hydrogens (primary N) is 1. The number of benzene rings is 1. The van der Waals surface area contributed by atoms with Gasteiger partial charge >= 0.3 is 0 Å². The van der Waals surface area contributed by atoms with Crippen LogP contribution in [0.15, 0.2) is 47.1 Å². The summed E-state index contributed by atoms with van der Waals surface area (Å²) in [6, 6.07) is 10.6. The van der Waals surface area contributed by atoms with E-state index in [1.165, 1.54) is 0 Å². The zero-order chi connectivity index (χ0) is 14.1. The van der Waals surface area contributed by atoms with Gasteiger partial charge in [0.2, 0.25) is 5.95 Å². The van der Waals surface area contributed by atoms with E-state index in [1.54, 1.807) is 30.5 Å². The van der Waals surface area contributed by atoms with Gasteiger partial charge in [-0.15, -0.1) is 0 Å². The molecule has 100 valence electrons. The molecule has 0 saturated carbocycles. The molecule has 0 saturated heterocycles. The number of hydrogen-bond acceptors (Lipinski definition) is 5. The highest BCUT2D eigenvalue weighted by molar-refractivity contribution is 5.71. The van der Waals surface area contributed by atoms with Crippen LogP contribution >= 0.6 is 0 Å². The molecule has 5 nitrogen and oxygen atoms in total. The van der Waals surface area contributed by atoms with Gasteiger partial charge in [-0.2, -0.15) is 0 Å². The van der Waals surface area contributed by atoms with Crippen molar-refractivity contribution >= 4 is 5.95 Å². The molecule has 0 aliphatic heterocycles. The van der Waals surface area contributed by atoms with Crippen molar-refractivity contribution in [2.45, 2.75) is 6.92 Å². The summed E-state index contributed by atoms with van der Waals surface area (Å²) in [4.78, 5) is 8.33. The predicted molar refractivity (Wildman–Crippen MR) is 76.0 cm³/mol. The van der Waals surface area contributed by atoms with E-state index in [-0.39, 0.29) is 11.7 Å². The van der Waals surface area contributed by atoms with Gasteiger partial charge in [-0.25, -0.2) is 9.97 Å². The molecule has 2 aromatic heterocycles. The van der Waals surface area contributed by atoms with Crippen molar-refractivity contribution in [2.24, 2.45) is 0 Å². The number of aromatic nitrogens is 2. The normalized spacial score (nSPS) is 10.7. The zero-order valence-electron chi connectivity index (χ0n) is 10.9. The molecule has 3 N–H and O–H groups in total. The van der Waals surface area contributed by atoms with E-state index in [2.05, 4.69) is 9.97 Å². The van der Waals surface area contributed by atoms with Gasteiger partial charge in [-0.3, -0.25) is 0 Å². The van der Waals surface area contributed by atoms with Crippen LogP contribution in [0, 0.1) is 6.92 Å². The second-order valence-corrected chi connectivity index (χ2v) is 4.49. The minimum absolute atomic E-state index is 0.134. The number of nitrogen functional groups attached to an aromatic ring is 1. The third kappa shape index (κ3) is 2.21. The average Bonchev–Trinajstić information content (AvgIpc) is 2.95. The summed E-state index contributed by atoms with van der Waals surface area (Å²) in [7, 11) is 0. The molecule has 2 heterocycles. The van der Waals surface area contributed by atoms with E-state index >= 15 is 0 Å². The lowest BCUT2D eigenvalue weighted by atomic mass is 10.1. The van der Waals surface area contributed by atoms with Crippen LogP contribution in [0.25, 0.3) is 22.7 Å². The summed E-state index contributed by atoms with van der Waals surface area (Å²) in [5, 5.41) is 9.98. The van der Waals surface area contributed by atoms with Crippen molar-refractivity contribution < 1.29 is 9.52 Å². The first-order valence-corrected chi connectivity index (χ1v) is 6.12.